The van der Waals surface area contributed by atoms with Gasteiger partial charge in [-0.25, -0.2) is 0 Å². The first-order valence-corrected chi connectivity index (χ1v) is 10.7. The van der Waals surface area contributed by atoms with E-state index in [2.05, 4.69) is 20.9 Å². The van der Waals surface area contributed by atoms with E-state index in [1.54, 1.807) is 36.7 Å². The van der Waals surface area contributed by atoms with Crippen LogP contribution in [0.5, 0.6) is 0 Å². The second-order valence-electron chi connectivity index (χ2n) is 7.49. The molecule has 0 saturated carbocycles. The summed E-state index contributed by atoms with van der Waals surface area (Å²) >= 11 is 3.40. The number of pyridine rings is 1. The van der Waals surface area contributed by atoms with Crippen LogP contribution in [0.4, 0.5) is 0 Å². The Hall–Kier alpha value is -2.97. The first-order chi connectivity index (χ1) is 14.9. The summed E-state index contributed by atoms with van der Waals surface area (Å²) in [6, 6.07) is 9.70. The molecule has 2 aromatic heterocycles. The van der Waals surface area contributed by atoms with Crippen molar-refractivity contribution in [3.8, 4) is 0 Å². The van der Waals surface area contributed by atoms with Crippen LogP contribution in [-0.4, -0.2) is 45.9 Å². The molecule has 8 heteroatoms. The first kappa shape index (κ1) is 21.3. The number of ether oxygens (including phenoxy) is 1. The van der Waals surface area contributed by atoms with Crippen LogP contribution in [0.2, 0.25) is 0 Å². The van der Waals surface area contributed by atoms with Crippen LogP contribution in [0.25, 0.3) is 11.0 Å². The number of ketones is 1. The molecule has 4 rings (SSSR count). The SMILES string of the molecule is CC(C)OCCN1C(=O)C(O)=C(C(=O)c2cc3cc(Br)ccc3o2)C1c1cccnc1. The molecular weight excluding hydrogens is 464 g/mol. The van der Waals surface area contributed by atoms with Gasteiger partial charge in [0.1, 0.15) is 5.58 Å². The molecule has 3 aromatic rings. The summed E-state index contributed by atoms with van der Waals surface area (Å²) < 4.78 is 12.2. The third-order valence-electron chi connectivity index (χ3n) is 5.03. The lowest BCUT2D eigenvalue weighted by atomic mass is 9.96. The average molecular weight is 485 g/mol. The number of carbonyl (C=O) groups is 2. The van der Waals surface area contributed by atoms with Gasteiger partial charge in [0.15, 0.2) is 11.5 Å². The molecule has 1 aromatic carbocycles. The van der Waals surface area contributed by atoms with E-state index in [-0.39, 0.29) is 30.6 Å². The number of fused-ring (bicyclic) bond motifs is 1. The van der Waals surface area contributed by atoms with Gasteiger partial charge in [-0.3, -0.25) is 14.6 Å². The van der Waals surface area contributed by atoms with Gasteiger partial charge >= 0.3 is 0 Å². The topological polar surface area (TPSA) is 92.9 Å². The molecule has 1 aliphatic heterocycles. The Kier molecular flexibility index (Phi) is 5.93. The molecular formula is C23H21BrN2O5. The summed E-state index contributed by atoms with van der Waals surface area (Å²) in [5.41, 5.74) is 1.13. The van der Waals surface area contributed by atoms with Crippen LogP contribution in [0, 0.1) is 0 Å². The zero-order chi connectivity index (χ0) is 22.1. The van der Waals surface area contributed by atoms with Gasteiger partial charge in [0.2, 0.25) is 5.78 Å². The second-order valence-corrected chi connectivity index (χ2v) is 8.41. The summed E-state index contributed by atoms with van der Waals surface area (Å²) in [6.07, 6.45) is 3.18. The van der Waals surface area contributed by atoms with Gasteiger partial charge in [-0.2, -0.15) is 0 Å². The minimum absolute atomic E-state index is 0.00734. The maximum Gasteiger partial charge on any atom is 0.290 e. The molecule has 1 amide bonds. The van der Waals surface area contributed by atoms with Crippen LogP contribution in [0.15, 0.2) is 69.0 Å². The molecule has 160 valence electrons. The Balaban J connectivity index is 1.73. The number of rotatable bonds is 7. The van der Waals surface area contributed by atoms with E-state index in [0.29, 0.717) is 11.1 Å². The molecule has 1 unspecified atom stereocenters. The van der Waals surface area contributed by atoms with Crippen molar-refractivity contribution in [2.75, 3.05) is 13.2 Å². The van der Waals surface area contributed by atoms with Crippen LogP contribution < -0.4 is 0 Å². The van der Waals surface area contributed by atoms with E-state index in [0.717, 1.165) is 9.86 Å². The Morgan fingerprint density at radius 3 is 2.84 bits per heavy atom. The molecule has 3 heterocycles. The van der Waals surface area contributed by atoms with Crippen molar-refractivity contribution in [2.24, 2.45) is 0 Å². The number of Topliss-reactive ketones (excluding diaryl/α,β-unsaturated/α-hetero) is 1. The lowest BCUT2D eigenvalue weighted by Gasteiger charge is -2.26. The number of carbonyl (C=O) groups excluding carboxylic acids is 2. The smallest absolute Gasteiger partial charge is 0.290 e. The molecule has 1 atom stereocenters. The number of aliphatic hydroxyl groups excluding tert-OH is 1. The van der Waals surface area contributed by atoms with Gasteiger partial charge in [-0.15, -0.1) is 0 Å². The van der Waals surface area contributed by atoms with E-state index < -0.39 is 23.5 Å². The van der Waals surface area contributed by atoms with E-state index in [9.17, 15) is 14.7 Å². The highest BCUT2D eigenvalue weighted by Gasteiger charge is 2.44. The summed E-state index contributed by atoms with van der Waals surface area (Å²) in [4.78, 5) is 31.8. The normalized spacial score (nSPS) is 16.7. The van der Waals surface area contributed by atoms with E-state index in [1.807, 2.05) is 26.0 Å². The van der Waals surface area contributed by atoms with Crippen molar-refractivity contribution in [2.45, 2.75) is 26.0 Å². The maximum absolute atomic E-state index is 13.4. The summed E-state index contributed by atoms with van der Waals surface area (Å²) in [5, 5.41) is 11.4. The zero-order valence-corrected chi connectivity index (χ0v) is 18.6. The largest absolute Gasteiger partial charge is 0.503 e. The molecule has 0 saturated heterocycles. The van der Waals surface area contributed by atoms with Crippen LogP contribution >= 0.6 is 15.9 Å². The van der Waals surface area contributed by atoms with Gasteiger partial charge in [0.25, 0.3) is 5.91 Å². The third kappa shape index (κ3) is 4.13. The number of amides is 1. The quantitative estimate of drug-likeness (QED) is 0.492. The van der Waals surface area contributed by atoms with E-state index in [1.165, 1.54) is 4.90 Å². The predicted molar refractivity (Wildman–Crippen MR) is 118 cm³/mol. The fraction of sp³-hybridized carbons (Fsp3) is 0.261. The Bertz CT molecular complexity index is 1170. The van der Waals surface area contributed by atoms with Crippen molar-refractivity contribution >= 4 is 38.6 Å². The first-order valence-electron chi connectivity index (χ1n) is 9.86. The highest BCUT2D eigenvalue weighted by Crippen LogP contribution is 2.39. The maximum atomic E-state index is 13.4. The second kappa shape index (κ2) is 8.64. The molecule has 7 nitrogen and oxygen atoms in total. The number of hydrogen-bond donors (Lipinski definition) is 1. The van der Waals surface area contributed by atoms with Gasteiger partial charge in [0.05, 0.1) is 24.3 Å². The lowest BCUT2D eigenvalue weighted by molar-refractivity contribution is -0.130. The lowest BCUT2D eigenvalue weighted by Crippen LogP contribution is -2.34. The summed E-state index contributed by atoms with van der Waals surface area (Å²) in [5.74, 6) is -1.69. The summed E-state index contributed by atoms with van der Waals surface area (Å²) in [7, 11) is 0. The monoisotopic (exact) mass is 484 g/mol. The molecule has 0 fully saturated rings. The van der Waals surface area contributed by atoms with E-state index >= 15 is 0 Å². The average Bonchev–Trinajstić information content (AvgIpc) is 3.27. The highest BCUT2D eigenvalue weighted by molar-refractivity contribution is 9.10. The number of halogens is 1. The Labute approximate surface area is 187 Å². The van der Waals surface area contributed by atoms with Crippen molar-refractivity contribution in [3.05, 3.63) is 75.9 Å². The number of nitrogens with zero attached hydrogens (tertiary/aromatic N) is 2. The van der Waals surface area contributed by atoms with Crippen molar-refractivity contribution in [1.82, 2.24) is 9.88 Å². The molecule has 1 aliphatic rings. The Morgan fingerprint density at radius 1 is 1.32 bits per heavy atom. The van der Waals surface area contributed by atoms with Crippen LogP contribution in [0.3, 0.4) is 0 Å². The molecule has 0 spiro atoms. The number of furan rings is 1. The number of benzene rings is 1. The predicted octanol–water partition coefficient (Wildman–Crippen LogP) is 4.59. The Morgan fingerprint density at radius 2 is 2.13 bits per heavy atom. The molecule has 0 radical (unpaired) electrons. The van der Waals surface area contributed by atoms with Gasteiger partial charge in [0, 0.05) is 28.8 Å². The highest BCUT2D eigenvalue weighted by atomic mass is 79.9. The van der Waals surface area contributed by atoms with Crippen LogP contribution in [-0.2, 0) is 9.53 Å². The van der Waals surface area contributed by atoms with Crippen molar-refractivity contribution in [3.63, 3.8) is 0 Å². The number of aliphatic hydroxyl groups is 1. The fourth-order valence-corrected chi connectivity index (χ4v) is 4.02. The van der Waals surface area contributed by atoms with Gasteiger partial charge in [-0.1, -0.05) is 22.0 Å². The number of aromatic nitrogens is 1. The molecule has 31 heavy (non-hydrogen) atoms. The minimum Gasteiger partial charge on any atom is -0.503 e. The number of hydrogen-bond acceptors (Lipinski definition) is 6. The third-order valence-corrected chi connectivity index (χ3v) is 5.53. The van der Waals surface area contributed by atoms with Crippen molar-refractivity contribution < 1.29 is 23.8 Å². The van der Waals surface area contributed by atoms with Crippen molar-refractivity contribution in [1.29, 1.82) is 0 Å². The summed E-state index contributed by atoms with van der Waals surface area (Å²) in [6.45, 7) is 4.28. The zero-order valence-electron chi connectivity index (χ0n) is 17.0. The minimum atomic E-state index is -0.788. The van der Waals surface area contributed by atoms with Gasteiger partial charge < -0.3 is 19.2 Å². The molecule has 1 N–H and O–H groups in total. The van der Waals surface area contributed by atoms with Crippen LogP contribution in [0.1, 0.15) is 36.0 Å². The van der Waals surface area contributed by atoms with E-state index in [4.69, 9.17) is 9.15 Å². The fourth-order valence-electron chi connectivity index (χ4n) is 3.65. The van der Waals surface area contributed by atoms with Gasteiger partial charge in [-0.05, 0) is 49.7 Å². The standard InChI is InChI=1S/C23H21BrN2O5/c1-13(2)30-9-8-26-20(14-4-3-7-25-12-14)19(22(28)23(26)29)21(27)18-11-15-10-16(24)5-6-17(15)31-18/h3-7,10-13,20,28H,8-9H2,1-2H3. The molecule has 0 bridgehead atoms. The molecule has 0 aliphatic carbocycles.